The quantitative estimate of drug-likeness (QED) is 0.716. The Balaban J connectivity index is 0.000000980. The van der Waals surface area contributed by atoms with E-state index in [9.17, 15) is 0 Å². The molecular weight excluding hydrogens is 252 g/mol. The summed E-state index contributed by atoms with van der Waals surface area (Å²) in [5, 5.41) is 2.41. The van der Waals surface area contributed by atoms with E-state index in [1.807, 2.05) is 18.2 Å². The molecule has 3 heteroatoms. The van der Waals surface area contributed by atoms with E-state index in [1.54, 1.807) is 7.11 Å². The minimum absolute atomic E-state index is 0. The van der Waals surface area contributed by atoms with Crippen LogP contribution in [0.4, 0.5) is 0 Å². The summed E-state index contributed by atoms with van der Waals surface area (Å²) in [5.41, 5.74) is 0. The van der Waals surface area contributed by atoms with Crippen LogP contribution in [0.1, 0.15) is 0 Å². The standard InChI is InChI=1S/C11H9BrO.Mg/c1-13-11-5-3-8-6-10(12)4-2-9(8)7-11;/h2-7H,1H3;. The van der Waals surface area contributed by atoms with Gasteiger partial charge in [0.25, 0.3) is 0 Å². The van der Waals surface area contributed by atoms with E-state index in [0.29, 0.717) is 0 Å². The maximum atomic E-state index is 5.14. The van der Waals surface area contributed by atoms with Crippen molar-refractivity contribution in [3.8, 4) is 5.75 Å². The van der Waals surface area contributed by atoms with Crippen LogP contribution >= 0.6 is 15.9 Å². The SMILES string of the molecule is COc1ccc2cc(Br)ccc2c1.[Mg]. The van der Waals surface area contributed by atoms with Gasteiger partial charge in [-0.3, -0.25) is 0 Å². The molecule has 0 aliphatic rings. The summed E-state index contributed by atoms with van der Waals surface area (Å²) in [6.07, 6.45) is 0. The van der Waals surface area contributed by atoms with E-state index in [-0.39, 0.29) is 23.1 Å². The van der Waals surface area contributed by atoms with Crippen LogP contribution in [0, 0.1) is 0 Å². The Morgan fingerprint density at radius 2 is 1.64 bits per heavy atom. The summed E-state index contributed by atoms with van der Waals surface area (Å²) in [7, 11) is 1.68. The first-order chi connectivity index (χ1) is 6.29. The van der Waals surface area contributed by atoms with Crippen molar-refractivity contribution in [2.24, 2.45) is 0 Å². The second-order valence-electron chi connectivity index (χ2n) is 2.86. The van der Waals surface area contributed by atoms with E-state index in [2.05, 4.69) is 34.1 Å². The number of halogens is 1. The van der Waals surface area contributed by atoms with E-state index in [4.69, 9.17) is 4.74 Å². The largest absolute Gasteiger partial charge is 0.497 e. The van der Waals surface area contributed by atoms with Gasteiger partial charge >= 0.3 is 0 Å². The third-order valence-corrected chi connectivity index (χ3v) is 2.50. The number of fused-ring (bicyclic) bond motifs is 1. The van der Waals surface area contributed by atoms with Gasteiger partial charge in [-0.05, 0) is 35.0 Å². The van der Waals surface area contributed by atoms with Gasteiger partial charge in [-0.2, -0.15) is 0 Å². The lowest BCUT2D eigenvalue weighted by molar-refractivity contribution is 0.415. The van der Waals surface area contributed by atoms with E-state index in [1.165, 1.54) is 10.8 Å². The molecular formula is C11H9BrMgO. The predicted octanol–water partition coefficient (Wildman–Crippen LogP) is 3.23. The highest BCUT2D eigenvalue weighted by Crippen LogP contribution is 2.23. The molecule has 0 amide bonds. The molecule has 0 saturated heterocycles. The molecule has 0 N–H and O–H groups in total. The molecule has 0 heterocycles. The van der Waals surface area contributed by atoms with Crippen LogP contribution in [0.25, 0.3) is 10.8 Å². The third-order valence-electron chi connectivity index (χ3n) is 2.01. The fourth-order valence-electron chi connectivity index (χ4n) is 1.32. The monoisotopic (exact) mass is 260 g/mol. The van der Waals surface area contributed by atoms with Gasteiger partial charge in [-0.1, -0.05) is 28.1 Å². The van der Waals surface area contributed by atoms with Gasteiger partial charge in [-0.25, -0.2) is 0 Å². The molecule has 0 saturated carbocycles. The second-order valence-corrected chi connectivity index (χ2v) is 3.77. The van der Waals surface area contributed by atoms with Crippen LogP contribution in [-0.2, 0) is 0 Å². The molecule has 14 heavy (non-hydrogen) atoms. The Labute approximate surface area is 108 Å². The lowest BCUT2D eigenvalue weighted by Gasteiger charge is -2.02. The molecule has 2 rings (SSSR count). The summed E-state index contributed by atoms with van der Waals surface area (Å²) < 4.78 is 6.24. The Morgan fingerprint density at radius 1 is 1.00 bits per heavy atom. The lowest BCUT2D eigenvalue weighted by atomic mass is 10.1. The van der Waals surface area contributed by atoms with Crippen LogP contribution in [0.5, 0.6) is 5.75 Å². The van der Waals surface area contributed by atoms with Gasteiger partial charge in [0, 0.05) is 27.5 Å². The van der Waals surface area contributed by atoms with Crippen LogP contribution < -0.4 is 4.74 Å². The van der Waals surface area contributed by atoms with Crippen LogP contribution in [-0.4, -0.2) is 30.2 Å². The fourth-order valence-corrected chi connectivity index (χ4v) is 1.70. The number of benzene rings is 2. The second kappa shape index (κ2) is 5.00. The topological polar surface area (TPSA) is 9.23 Å². The first-order valence-electron chi connectivity index (χ1n) is 4.03. The fraction of sp³-hybridized carbons (Fsp3) is 0.0909. The first-order valence-corrected chi connectivity index (χ1v) is 4.82. The zero-order chi connectivity index (χ0) is 9.26. The molecule has 2 aromatic rings. The van der Waals surface area contributed by atoms with Crippen LogP contribution in [0.2, 0.25) is 0 Å². The smallest absolute Gasteiger partial charge is 0.119 e. The number of rotatable bonds is 1. The highest BCUT2D eigenvalue weighted by molar-refractivity contribution is 9.10. The average Bonchev–Trinajstić information content (AvgIpc) is 2.17. The molecule has 0 aliphatic heterocycles. The summed E-state index contributed by atoms with van der Waals surface area (Å²) >= 11 is 3.44. The Hall–Kier alpha value is -0.254. The summed E-state index contributed by atoms with van der Waals surface area (Å²) in [4.78, 5) is 0. The average molecular weight is 261 g/mol. The van der Waals surface area contributed by atoms with Gasteiger partial charge in [0.1, 0.15) is 5.75 Å². The molecule has 68 valence electrons. The van der Waals surface area contributed by atoms with Crippen LogP contribution in [0.3, 0.4) is 0 Å². The first kappa shape index (κ1) is 11.8. The molecule has 0 aliphatic carbocycles. The normalized spacial score (nSPS) is 9.57. The van der Waals surface area contributed by atoms with E-state index in [0.717, 1.165) is 10.2 Å². The lowest BCUT2D eigenvalue weighted by Crippen LogP contribution is -1.81. The Morgan fingerprint density at radius 3 is 2.36 bits per heavy atom. The summed E-state index contributed by atoms with van der Waals surface area (Å²) in [5.74, 6) is 0.898. The summed E-state index contributed by atoms with van der Waals surface area (Å²) in [6.45, 7) is 0. The number of ether oxygens (including phenoxy) is 1. The Bertz CT molecular complexity index is 442. The zero-order valence-electron chi connectivity index (χ0n) is 7.96. The van der Waals surface area contributed by atoms with Gasteiger partial charge in [0.15, 0.2) is 0 Å². The zero-order valence-corrected chi connectivity index (χ0v) is 11.0. The van der Waals surface area contributed by atoms with Crippen molar-refractivity contribution in [3.05, 3.63) is 40.9 Å². The van der Waals surface area contributed by atoms with Crippen molar-refractivity contribution >= 4 is 49.8 Å². The van der Waals surface area contributed by atoms with Gasteiger partial charge in [0.05, 0.1) is 7.11 Å². The molecule has 0 bridgehead atoms. The van der Waals surface area contributed by atoms with Gasteiger partial charge in [0.2, 0.25) is 0 Å². The highest BCUT2D eigenvalue weighted by atomic mass is 79.9. The molecule has 0 fully saturated rings. The highest BCUT2D eigenvalue weighted by Gasteiger charge is 1.96. The Kier molecular flexibility index (Phi) is 4.22. The molecule has 1 nitrogen and oxygen atoms in total. The molecule has 2 radical (unpaired) electrons. The molecule has 0 aromatic heterocycles. The van der Waals surface area contributed by atoms with Crippen LogP contribution in [0.15, 0.2) is 40.9 Å². The van der Waals surface area contributed by atoms with Crippen molar-refractivity contribution in [2.75, 3.05) is 7.11 Å². The minimum atomic E-state index is 0. The number of hydrogen-bond acceptors (Lipinski definition) is 1. The van der Waals surface area contributed by atoms with E-state index < -0.39 is 0 Å². The maximum Gasteiger partial charge on any atom is 0.119 e. The van der Waals surface area contributed by atoms with Crippen molar-refractivity contribution in [1.29, 1.82) is 0 Å². The number of methoxy groups -OCH3 is 1. The van der Waals surface area contributed by atoms with Crippen molar-refractivity contribution < 1.29 is 4.74 Å². The molecule has 2 aromatic carbocycles. The van der Waals surface area contributed by atoms with E-state index >= 15 is 0 Å². The van der Waals surface area contributed by atoms with Gasteiger partial charge in [-0.15, -0.1) is 0 Å². The minimum Gasteiger partial charge on any atom is -0.497 e. The van der Waals surface area contributed by atoms with Gasteiger partial charge < -0.3 is 4.74 Å². The summed E-state index contributed by atoms with van der Waals surface area (Å²) in [6, 6.07) is 12.2. The predicted molar refractivity (Wildman–Crippen MR) is 64.0 cm³/mol. The number of hydrogen-bond donors (Lipinski definition) is 0. The third kappa shape index (κ3) is 2.41. The molecule has 0 unspecified atom stereocenters. The van der Waals surface area contributed by atoms with Crippen molar-refractivity contribution in [2.45, 2.75) is 0 Å². The molecule has 0 spiro atoms. The maximum absolute atomic E-state index is 5.14. The molecule has 0 atom stereocenters. The van der Waals surface area contributed by atoms with Crippen molar-refractivity contribution in [1.82, 2.24) is 0 Å². The van der Waals surface area contributed by atoms with Crippen molar-refractivity contribution in [3.63, 3.8) is 0 Å².